The Labute approximate surface area is 119 Å². The molecule has 3 aliphatic rings. The van der Waals surface area contributed by atoms with Crippen LogP contribution in [0.25, 0.3) is 0 Å². The first-order valence-corrected chi connectivity index (χ1v) is 9.19. The van der Waals surface area contributed by atoms with Gasteiger partial charge in [0.1, 0.15) is 0 Å². The van der Waals surface area contributed by atoms with Gasteiger partial charge in [0.25, 0.3) is 0 Å². The normalized spacial score (nSPS) is 52.9. The Morgan fingerprint density at radius 3 is 1.81 bits per heavy atom. The third-order valence-corrected chi connectivity index (χ3v) is 7.64. The summed E-state index contributed by atoms with van der Waals surface area (Å²) in [7, 11) is 0. The molecule has 92 valence electrons. The predicted octanol–water partition coefficient (Wildman–Crippen LogP) is 3.69. The first-order chi connectivity index (χ1) is 7.72. The van der Waals surface area contributed by atoms with Gasteiger partial charge in [0.15, 0.2) is 0 Å². The molecule has 2 saturated carbocycles. The highest BCUT2D eigenvalue weighted by molar-refractivity contribution is 9.09. The van der Waals surface area contributed by atoms with Crippen molar-refractivity contribution in [1.29, 1.82) is 0 Å². The minimum Gasteiger partial charge on any atom is -0.309 e. The number of thioether (sulfide) groups is 1. The second kappa shape index (κ2) is 5.10. The molecule has 0 aromatic rings. The van der Waals surface area contributed by atoms with Crippen LogP contribution in [-0.2, 0) is 0 Å². The van der Waals surface area contributed by atoms with Gasteiger partial charge in [-0.2, -0.15) is 11.8 Å². The van der Waals surface area contributed by atoms with Gasteiger partial charge in [-0.05, 0) is 38.5 Å². The molecule has 0 aromatic carbocycles. The zero-order valence-corrected chi connectivity index (χ0v) is 13.4. The molecule has 16 heavy (non-hydrogen) atoms. The lowest BCUT2D eigenvalue weighted by Gasteiger charge is -2.48. The summed E-state index contributed by atoms with van der Waals surface area (Å²) < 4.78 is 0. The van der Waals surface area contributed by atoms with Crippen molar-refractivity contribution in [2.75, 3.05) is 0 Å². The molecule has 0 radical (unpaired) electrons. The van der Waals surface area contributed by atoms with E-state index in [0.29, 0.717) is 0 Å². The van der Waals surface area contributed by atoms with Crippen molar-refractivity contribution in [3.63, 3.8) is 0 Å². The largest absolute Gasteiger partial charge is 0.309 e. The highest BCUT2D eigenvalue weighted by Crippen LogP contribution is 2.44. The summed E-state index contributed by atoms with van der Waals surface area (Å²) in [4.78, 5) is 1.53. The van der Waals surface area contributed by atoms with Gasteiger partial charge < -0.3 is 5.32 Å². The number of halogens is 2. The van der Waals surface area contributed by atoms with Crippen LogP contribution in [0.15, 0.2) is 0 Å². The van der Waals surface area contributed by atoms with E-state index in [4.69, 9.17) is 0 Å². The van der Waals surface area contributed by atoms with Crippen LogP contribution in [0, 0.1) is 0 Å². The Kier molecular flexibility index (Phi) is 3.93. The summed E-state index contributed by atoms with van der Waals surface area (Å²) in [5, 5.41) is 5.65. The van der Waals surface area contributed by atoms with Crippen LogP contribution >= 0.6 is 43.6 Å². The fraction of sp³-hybridized carbons (Fsp3) is 1.00. The number of nitrogens with one attached hydrogen (secondary N) is 1. The van der Waals surface area contributed by atoms with Crippen LogP contribution in [0.3, 0.4) is 0 Å². The number of rotatable bonds is 0. The molecular formula is C12H19Br2NS. The summed E-state index contributed by atoms with van der Waals surface area (Å²) in [6.07, 6.45) is 8.17. The molecule has 3 fully saturated rings. The number of alkyl halides is 2. The van der Waals surface area contributed by atoms with Gasteiger partial charge in [-0.3, -0.25) is 0 Å². The van der Waals surface area contributed by atoms with Gasteiger partial charge >= 0.3 is 0 Å². The van der Waals surface area contributed by atoms with Crippen LogP contribution in [-0.4, -0.2) is 32.2 Å². The van der Waals surface area contributed by atoms with Crippen LogP contribution in [0.1, 0.15) is 38.5 Å². The SMILES string of the molecule is BrC1CCC2NC3CCC(Br)CC3SC2C1. The van der Waals surface area contributed by atoms with E-state index in [9.17, 15) is 0 Å². The third-order valence-electron chi connectivity index (χ3n) is 4.23. The van der Waals surface area contributed by atoms with Gasteiger partial charge in [-0.25, -0.2) is 0 Å². The maximum atomic E-state index is 3.94. The topological polar surface area (TPSA) is 12.0 Å². The van der Waals surface area contributed by atoms with Gasteiger partial charge in [-0.1, -0.05) is 31.9 Å². The standard InChI is InChI=1S/C12H19Br2NS/c13-7-1-3-9-11(5-7)16-12-6-8(14)2-4-10(12)15-9/h7-12,15H,1-6H2. The van der Waals surface area contributed by atoms with Crippen molar-refractivity contribution in [3.8, 4) is 0 Å². The minimum atomic E-state index is 0.767. The van der Waals surface area contributed by atoms with Gasteiger partial charge in [0.05, 0.1) is 0 Å². The Bertz CT molecular complexity index is 239. The maximum absolute atomic E-state index is 3.94. The van der Waals surface area contributed by atoms with E-state index in [1.54, 1.807) is 0 Å². The van der Waals surface area contributed by atoms with E-state index < -0.39 is 0 Å². The molecule has 1 N–H and O–H groups in total. The minimum absolute atomic E-state index is 0.767. The lowest BCUT2D eigenvalue weighted by molar-refractivity contribution is 0.291. The van der Waals surface area contributed by atoms with E-state index in [0.717, 1.165) is 32.2 Å². The van der Waals surface area contributed by atoms with Crippen molar-refractivity contribution >= 4 is 43.6 Å². The number of hydrogen-bond donors (Lipinski definition) is 1. The van der Waals surface area contributed by atoms with Crippen molar-refractivity contribution in [2.24, 2.45) is 0 Å². The van der Waals surface area contributed by atoms with Crippen molar-refractivity contribution in [1.82, 2.24) is 5.32 Å². The lowest BCUT2D eigenvalue weighted by atomic mass is 9.89. The van der Waals surface area contributed by atoms with E-state index in [-0.39, 0.29) is 0 Å². The Morgan fingerprint density at radius 2 is 1.31 bits per heavy atom. The average molecular weight is 369 g/mol. The molecule has 6 atom stereocenters. The molecule has 3 rings (SSSR count). The van der Waals surface area contributed by atoms with Crippen molar-refractivity contribution < 1.29 is 0 Å². The molecule has 0 amide bonds. The zero-order valence-electron chi connectivity index (χ0n) is 9.37. The third kappa shape index (κ3) is 2.50. The average Bonchev–Trinajstić information content (AvgIpc) is 2.26. The quantitative estimate of drug-likeness (QED) is 0.654. The van der Waals surface area contributed by atoms with Crippen LogP contribution < -0.4 is 5.32 Å². The molecule has 1 aliphatic heterocycles. The van der Waals surface area contributed by atoms with E-state index in [2.05, 4.69) is 48.9 Å². The molecule has 6 unspecified atom stereocenters. The molecule has 1 saturated heterocycles. The summed E-state index contributed by atoms with van der Waals surface area (Å²) >= 11 is 9.88. The molecule has 0 spiro atoms. The second-order valence-corrected chi connectivity index (χ2v) is 9.49. The van der Waals surface area contributed by atoms with Crippen LogP contribution in [0.2, 0.25) is 0 Å². The molecular weight excluding hydrogens is 350 g/mol. The maximum Gasteiger partial charge on any atom is 0.0215 e. The molecule has 1 heterocycles. The van der Waals surface area contributed by atoms with Crippen molar-refractivity contribution in [3.05, 3.63) is 0 Å². The Morgan fingerprint density at radius 1 is 0.812 bits per heavy atom. The molecule has 0 bridgehead atoms. The smallest absolute Gasteiger partial charge is 0.0215 e. The molecule has 1 nitrogen and oxygen atoms in total. The van der Waals surface area contributed by atoms with E-state index in [1.165, 1.54) is 38.5 Å². The van der Waals surface area contributed by atoms with Gasteiger partial charge in [0.2, 0.25) is 0 Å². The summed E-state index contributed by atoms with van der Waals surface area (Å²) in [5.41, 5.74) is 0. The summed E-state index contributed by atoms with van der Waals surface area (Å²) in [5.74, 6) is 0. The highest BCUT2D eigenvalue weighted by atomic mass is 79.9. The van der Waals surface area contributed by atoms with Crippen molar-refractivity contribution in [2.45, 2.75) is 70.8 Å². The number of fused-ring (bicyclic) bond motifs is 2. The second-order valence-electron chi connectivity index (χ2n) is 5.41. The fourth-order valence-electron chi connectivity index (χ4n) is 3.34. The number of hydrogen-bond acceptors (Lipinski definition) is 2. The van der Waals surface area contributed by atoms with Gasteiger partial charge in [-0.15, -0.1) is 0 Å². The first kappa shape index (κ1) is 12.3. The van der Waals surface area contributed by atoms with E-state index in [1.807, 2.05) is 0 Å². The summed E-state index contributed by atoms with van der Waals surface area (Å²) in [6, 6.07) is 1.60. The molecule has 4 heteroatoms. The molecule has 0 aromatic heterocycles. The molecule has 2 aliphatic carbocycles. The van der Waals surface area contributed by atoms with Gasteiger partial charge in [0, 0.05) is 32.2 Å². The monoisotopic (exact) mass is 367 g/mol. The zero-order chi connectivity index (χ0) is 11.1. The fourth-order valence-corrected chi connectivity index (χ4v) is 7.12. The Balaban J connectivity index is 1.67. The van der Waals surface area contributed by atoms with Crippen LogP contribution in [0.5, 0.6) is 0 Å². The lowest BCUT2D eigenvalue weighted by Crippen LogP contribution is -2.57. The Hall–Kier alpha value is 1.27. The van der Waals surface area contributed by atoms with E-state index >= 15 is 0 Å². The first-order valence-electron chi connectivity index (χ1n) is 6.42. The summed E-state index contributed by atoms with van der Waals surface area (Å²) in [6.45, 7) is 0. The highest BCUT2D eigenvalue weighted by Gasteiger charge is 2.42. The van der Waals surface area contributed by atoms with Crippen LogP contribution in [0.4, 0.5) is 0 Å². The predicted molar refractivity (Wildman–Crippen MR) is 79.0 cm³/mol.